The Morgan fingerprint density at radius 1 is 1.31 bits per heavy atom. The zero-order chi connectivity index (χ0) is 18.1. The molecule has 1 fully saturated rings. The number of pyridine rings is 2. The van der Waals surface area contributed by atoms with Gasteiger partial charge in [-0.25, -0.2) is 9.97 Å². The van der Waals surface area contributed by atoms with Crippen LogP contribution in [-0.2, 0) is 6.54 Å². The average molecular weight is 419 g/mol. The van der Waals surface area contributed by atoms with Gasteiger partial charge in [-0.15, -0.1) is 0 Å². The van der Waals surface area contributed by atoms with E-state index in [1.54, 1.807) is 19.4 Å². The second-order valence-electron chi connectivity index (χ2n) is 6.31. The molecule has 2 aliphatic rings. The lowest BCUT2D eigenvalue weighted by molar-refractivity contribution is 0.0965. The minimum atomic E-state index is -0.0556. The monoisotopic (exact) mass is 418 g/mol. The summed E-state index contributed by atoms with van der Waals surface area (Å²) in [7, 11) is 1.59. The third-order valence-corrected chi connectivity index (χ3v) is 5.24. The number of nitrogens with one attached hydrogen (secondary N) is 1. The van der Waals surface area contributed by atoms with Crippen LogP contribution in [0.25, 0.3) is 0 Å². The minimum Gasteiger partial charge on any atom is -0.489 e. The summed E-state index contributed by atoms with van der Waals surface area (Å²) in [5, 5.41) is 2.81. The highest BCUT2D eigenvalue weighted by atomic mass is 79.9. The molecule has 0 aliphatic carbocycles. The van der Waals surface area contributed by atoms with Crippen molar-refractivity contribution in [2.24, 2.45) is 0 Å². The van der Waals surface area contributed by atoms with Crippen molar-refractivity contribution in [3.05, 3.63) is 40.1 Å². The number of aromatic nitrogens is 2. The van der Waals surface area contributed by atoms with Gasteiger partial charge < -0.3 is 19.7 Å². The van der Waals surface area contributed by atoms with Crippen LogP contribution >= 0.6 is 15.9 Å². The van der Waals surface area contributed by atoms with Crippen LogP contribution in [0.15, 0.2) is 28.9 Å². The van der Waals surface area contributed by atoms with Crippen LogP contribution in [0.4, 0.5) is 5.82 Å². The van der Waals surface area contributed by atoms with Crippen LogP contribution in [-0.4, -0.2) is 42.2 Å². The quantitative estimate of drug-likeness (QED) is 0.821. The normalized spacial score (nSPS) is 17.0. The van der Waals surface area contributed by atoms with E-state index < -0.39 is 0 Å². The minimum absolute atomic E-state index is 0.0556. The number of carbonyl (C=O) groups excluding carboxylic acids is 1. The fourth-order valence-electron chi connectivity index (χ4n) is 3.26. The fraction of sp³-hybridized carbons (Fsp3) is 0.389. The molecule has 8 heteroatoms. The molecule has 4 heterocycles. The van der Waals surface area contributed by atoms with Gasteiger partial charge in [-0.3, -0.25) is 4.79 Å². The number of hydrogen-bond donors (Lipinski definition) is 1. The van der Waals surface area contributed by atoms with Gasteiger partial charge in [0.05, 0.1) is 35.6 Å². The molecule has 2 aliphatic heterocycles. The van der Waals surface area contributed by atoms with E-state index in [-0.39, 0.29) is 12.0 Å². The topological polar surface area (TPSA) is 76.6 Å². The molecule has 0 unspecified atom stereocenters. The van der Waals surface area contributed by atoms with E-state index in [1.807, 2.05) is 12.1 Å². The molecule has 1 saturated heterocycles. The van der Waals surface area contributed by atoms with Gasteiger partial charge in [-0.2, -0.15) is 0 Å². The third-order valence-electron chi connectivity index (χ3n) is 4.66. The third kappa shape index (κ3) is 3.33. The maximum atomic E-state index is 11.7. The molecule has 2 aromatic rings. The van der Waals surface area contributed by atoms with E-state index in [2.05, 4.69) is 36.1 Å². The molecule has 0 aromatic carbocycles. The Morgan fingerprint density at radius 2 is 2.12 bits per heavy atom. The van der Waals surface area contributed by atoms with E-state index in [0.29, 0.717) is 18.0 Å². The van der Waals surface area contributed by atoms with Crippen LogP contribution in [0, 0.1) is 0 Å². The van der Waals surface area contributed by atoms with Crippen LogP contribution in [0.3, 0.4) is 0 Å². The molecule has 7 nitrogen and oxygen atoms in total. The second-order valence-corrected chi connectivity index (χ2v) is 7.17. The largest absolute Gasteiger partial charge is 0.489 e. The molecule has 0 bridgehead atoms. The van der Waals surface area contributed by atoms with Crippen molar-refractivity contribution >= 4 is 27.7 Å². The lowest BCUT2D eigenvalue weighted by atomic mass is 10.1. The van der Waals surface area contributed by atoms with Crippen molar-refractivity contribution in [3.63, 3.8) is 0 Å². The van der Waals surface area contributed by atoms with Gasteiger partial charge in [0.25, 0.3) is 5.91 Å². The molecule has 4 rings (SSSR count). The summed E-state index contributed by atoms with van der Waals surface area (Å²) in [6.45, 7) is 2.19. The molecule has 136 valence electrons. The van der Waals surface area contributed by atoms with E-state index in [0.717, 1.165) is 47.7 Å². The predicted molar refractivity (Wildman–Crippen MR) is 99.8 cm³/mol. The summed E-state index contributed by atoms with van der Waals surface area (Å²) in [6.07, 6.45) is 3.63. The van der Waals surface area contributed by atoms with Crippen molar-refractivity contribution in [2.75, 3.05) is 25.1 Å². The van der Waals surface area contributed by atoms with Gasteiger partial charge in [0.2, 0.25) is 5.88 Å². The van der Waals surface area contributed by atoms with E-state index >= 15 is 0 Å². The number of anilines is 1. The Labute approximate surface area is 159 Å². The van der Waals surface area contributed by atoms with Crippen LogP contribution in [0.2, 0.25) is 0 Å². The first kappa shape index (κ1) is 17.1. The number of rotatable bonds is 4. The Balaban J connectivity index is 1.40. The summed E-state index contributed by atoms with van der Waals surface area (Å²) in [6, 6.07) is 5.54. The summed E-state index contributed by atoms with van der Waals surface area (Å²) in [4.78, 5) is 22.8. The molecule has 2 aromatic heterocycles. The number of nitrogens with zero attached hydrogens (tertiary/aromatic N) is 3. The average Bonchev–Trinajstić information content (AvgIpc) is 3.02. The molecule has 1 amide bonds. The summed E-state index contributed by atoms with van der Waals surface area (Å²) >= 11 is 3.56. The number of hydrogen-bond acceptors (Lipinski definition) is 6. The van der Waals surface area contributed by atoms with E-state index in [9.17, 15) is 4.79 Å². The van der Waals surface area contributed by atoms with Gasteiger partial charge in [0.1, 0.15) is 17.7 Å². The molecular formula is C18H19BrN4O3. The number of ether oxygens (including phenoxy) is 2. The Kier molecular flexibility index (Phi) is 4.67. The van der Waals surface area contributed by atoms with Crippen molar-refractivity contribution in [1.29, 1.82) is 0 Å². The van der Waals surface area contributed by atoms with Crippen molar-refractivity contribution in [3.8, 4) is 11.6 Å². The first-order valence-electron chi connectivity index (χ1n) is 8.53. The molecule has 0 radical (unpaired) electrons. The van der Waals surface area contributed by atoms with E-state index in [4.69, 9.17) is 9.47 Å². The van der Waals surface area contributed by atoms with Gasteiger partial charge in [0.15, 0.2) is 0 Å². The lowest BCUT2D eigenvalue weighted by Gasteiger charge is -2.33. The van der Waals surface area contributed by atoms with Gasteiger partial charge in [-0.05, 0) is 28.1 Å². The highest BCUT2D eigenvalue weighted by Gasteiger charge is 2.27. The van der Waals surface area contributed by atoms with Gasteiger partial charge in [0, 0.05) is 32.0 Å². The Morgan fingerprint density at radius 3 is 2.81 bits per heavy atom. The standard InChI is InChI=1S/C18H19BrN4O3/c1-25-16-3-2-12(9-20-16)26-11-4-6-23(7-5-11)17-14(19)8-13-15(22-17)10-21-18(13)24/h2-3,8-9,11H,4-7,10H2,1H3,(H,21,24). The fourth-order valence-corrected chi connectivity index (χ4v) is 3.83. The number of piperidine rings is 1. The van der Waals surface area contributed by atoms with Crippen molar-refractivity contribution < 1.29 is 14.3 Å². The molecular weight excluding hydrogens is 400 g/mol. The predicted octanol–water partition coefficient (Wildman–Crippen LogP) is 2.54. The lowest BCUT2D eigenvalue weighted by Crippen LogP contribution is -2.39. The number of fused-ring (bicyclic) bond motifs is 1. The maximum absolute atomic E-state index is 11.7. The summed E-state index contributed by atoms with van der Waals surface area (Å²) < 4.78 is 11.9. The second kappa shape index (κ2) is 7.11. The Bertz CT molecular complexity index is 820. The molecule has 1 N–H and O–H groups in total. The number of halogens is 1. The maximum Gasteiger partial charge on any atom is 0.253 e. The SMILES string of the molecule is COc1ccc(OC2CCN(c3nc4c(cc3Br)C(=O)NC4)CC2)cn1. The summed E-state index contributed by atoms with van der Waals surface area (Å²) in [5.74, 6) is 2.17. The zero-order valence-corrected chi connectivity index (χ0v) is 16.0. The zero-order valence-electron chi connectivity index (χ0n) is 14.4. The molecule has 0 spiro atoms. The highest BCUT2D eigenvalue weighted by Crippen LogP contribution is 2.31. The first-order valence-corrected chi connectivity index (χ1v) is 9.32. The van der Waals surface area contributed by atoms with Crippen LogP contribution in [0.5, 0.6) is 11.6 Å². The highest BCUT2D eigenvalue weighted by molar-refractivity contribution is 9.10. The van der Waals surface area contributed by atoms with Gasteiger partial charge in [-0.1, -0.05) is 0 Å². The molecule has 0 saturated carbocycles. The number of carbonyl (C=O) groups is 1. The van der Waals surface area contributed by atoms with Crippen LogP contribution in [0.1, 0.15) is 28.9 Å². The molecule has 26 heavy (non-hydrogen) atoms. The first-order chi connectivity index (χ1) is 12.6. The summed E-state index contributed by atoms with van der Waals surface area (Å²) in [5.41, 5.74) is 1.47. The number of methoxy groups -OCH3 is 1. The Hall–Kier alpha value is -2.35. The molecule has 0 atom stereocenters. The van der Waals surface area contributed by atoms with Crippen molar-refractivity contribution in [2.45, 2.75) is 25.5 Å². The van der Waals surface area contributed by atoms with Crippen molar-refractivity contribution in [1.82, 2.24) is 15.3 Å². The van der Waals surface area contributed by atoms with Crippen LogP contribution < -0.4 is 19.7 Å². The number of amides is 1. The smallest absolute Gasteiger partial charge is 0.253 e. The van der Waals surface area contributed by atoms with Gasteiger partial charge >= 0.3 is 0 Å². The van der Waals surface area contributed by atoms with E-state index in [1.165, 1.54) is 0 Å².